The predicted molar refractivity (Wildman–Crippen MR) is 457 cm³/mol. The Labute approximate surface area is 722 Å². The van der Waals surface area contributed by atoms with Gasteiger partial charge in [-0.15, -0.1) is 0 Å². The fourth-order valence-electron chi connectivity index (χ4n) is 9.91. The van der Waals surface area contributed by atoms with Crippen molar-refractivity contribution < 1.29 is 122 Å². The van der Waals surface area contributed by atoms with Crippen LogP contribution in [0.3, 0.4) is 0 Å². The molecule has 670 valence electrons. The van der Waals surface area contributed by atoms with Crippen LogP contribution in [0.15, 0.2) is 252 Å². The Hall–Kier alpha value is -13.4. The second-order valence-corrected chi connectivity index (χ2v) is 29.2. The number of carbonyl (C=O) groups is 8. The number of phenolic OH excluding ortho intramolecular Hbond substituents is 1. The Bertz CT molecular complexity index is 4840. The number of phenols is 1. The van der Waals surface area contributed by atoms with Crippen LogP contribution < -0.4 is 31.6 Å². The Morgan fingerprint density at radius 2 is 0.680 bits per heavy atom. The van der Waals surface area contributed by atoms with E-state index < -0.39 is 94.9 Å². The molecule has 0 aromatic heterocycles. The van der Waals surface area contributed by atoms with Gasteiger partial charge in [0.05, 0.1) is 63.8 Å². The highest BCUT2D eigenvalue weighted by Crippen LogP contribution is 2.22. The molecule has 9 aromatic rings. The fraction of sp³-hybridized carbons (Fsp3) is 0.287. The van der Waals surface area contributed by atoms with E-state index in [-0.39, 0.29) is 148 Å². The maximum atomic E-state index is 12.6. The van der Waals surface area contributed by atoms with Gasteiger partial charge in [0.2, 0.25) is 5.91 Å². The molecule has 0 saturated heterocycles. The number of nitro benzene ring substituents is 3. The van der Waals surface area contributed by atoms with E-state index in [1.165, 1.54) is 104 Å². The fourth-order valence-corrected chi connectivity index (χ4v) is 10.9. The van der Waals surface area contributed by atoms with Crippen LogP contribution in [0.4, 0.5) is 17.1 Å². The monoisotopic (exact) mass is 1770 g/mol. The van der Waals surface area contributed by atoms with Crippen molar-refractivity contribution in [3.63, 3.8) is 0 Å². The van der Waals surface area contributed by atoms with E-state index in [2.05, 4.69) is 10.6 Å². The van der Waals surface area contributed by atoms with Gasteiger partial charge in [-0.1, -0.05) is 164 Å². The minimum absolute atomic E-state index is 0. The lowest BCUT2D eigenvalue weighted by molar-refractivity contribution is -0.385. The second-order valence-electron chi connectivity index (χ2n) is 26.3. The van der Waals surface area contributed by atoms with E-state index in [9.17, 15) is 85.5 Å². The van der Waals surface area contributed by atoms with Gasteiger partial charge in [0.25, 0.3) is 37.3 Å². The number of carbonyl (C=O) groups excluding carboxylic acids is 8. The molecule has 9 N–H and O–H groups in total. The number of likely N-dealkylation sites (N-methyl/N-ethyl adjacent to an activating group) is 1. The number of benzene rings is 9. The summed E-state index contributed by atoms with van der Waals surface area (Å²) >= 11 is 0. The van der Waals surface area contributed by atoms with Gasteiger partial charge in [0.1, 0.15) is 73.6 Å². The number of hydrogen-bond acceptors (Lipinski definition) is 30. The van der Waals surface area contributed by atoms with E-state index >= 15 is 0 Å². The number of nitrogens with one attached hydrogen (secondary N) is 2. The van der Waals surface area contributed by atoms with Gasteiger partial charge in [-0.2, -0.15) is 16.8 Å². The molecule has 0 aliphatic carbocycles. The van der Waals surface area contributed by atoms with Crippen LogP contribution in [-0.4, -0.2) is 177 Å². The van der Waals surface area contributed by atoms with Crippen molar-refractivity contribution in [3.8, 4) is 17.2 Å². The quantitative estimate of drug-likeness (QED) is 0.00358. The third kappa shape index (κ3) is 45.9. The maximum absolute atomic E-state index is 12.6. The van der Waals surface area contributed by atoms with Gasteiger partial charge in [-0.25, -0.2) is 4.79 Å². The number of aryl methyl sites for hydroxylation is 2. The first-order valence-electron chi connectivity index (χ1n) is 37.9. The van der Waals surface area contributed by atoms with Crippen LogP contribution in [0.1, 0.15) is 73.4 Å². The van der Waals surface area contributed by atoms with E-state index in [1.807, 2.05) is 135 Å². The molecule has 1 amide bonds. The minimum atomic E-state index is -4.02. The molecule has 38 heteroatoms. The van der Waals surface area contributed by atoms with Crippen LogP contribution in [0.25, 0.3) is 0 Å². The molecular formula is C87H101N7O29S2. The lowest BCUT2D eigenvalue weighted by Gasteiger charge is -2.18. The van der Waals surface area contributed by atoms with Gasteiger partial charge in [0, 0.05) is 55.7 Å². The third-order valence-corrected chi connectivity index (χ3v) is 18.1. The van der Waals surface area contributed by atoms with Crippen molar-refractivity contribution in [2.75, 3.05) is 59.9 Å². The highest BCUT2D eigenvalue weighted by Gasteiger charge is 2.25. The van der Waals surface area contributed by atoms with E-state index in [1.54, 1.807) is 31.3 Å². The van der Waals surface area contributed by atoms with Crippen molar-refractivity contribution in [1.29, 1.82) is 0 Å². The van der Waals surface area contributed by atoms with Crippen LogP contribution in [-0.2, 0) is 113 Å². The number of aromatic hydroxyl groups is 1. The number of esters is 6. The number of Topliss-reactive ketones (excluding diaryl/α,β-unsaturated/α-hetero) is 1. The first-order valence-corrected chi connectivity index (χ1v) is 40.7. The minimum Gasteiger partial charge on any atom is -0.508 e. The van der Waals surface area contributed by atoms with E-state index in [0.717, 1.165) is 33.4 Å². The van der Waals surface area contributed by atoms with Gasteiger partial charge in [-0.05, 0) is 130 Å². The molecule has 125 heavy (non-hydrogen) atoms. The Kier molecular flexibility index (Phi) is 48.9. The molecule has 0 aliphatic rings. The topological polar surface area (TPSA) is 545 Å². The zero-order chi connectivity index (χ0) is 91.4. The Morgan fingerprint density at radius 1 is 0.392 bits per heavy atom. The summed E-state index contributed by atoms with van der Waals surface area (Å²) in [6.07, 6.45) is 1.21. The smallest absolute Gasteiger partial charge is 0.329 e. The first-order chi connectivity index (χ1) is 59.0. The predicted octanol–water partition coefficient (Wildman–Crippen LogP) is 10.5. The maximum Gasteiger partial charge on any atom is 0.329 e. The van der Waals surface area contributed by atoms with E-state index in [0.29, 0.717) is 19.3 Å². The number of nitrogens with two attached hydrogens (primary N) is 2. The number of nitro groups is 3. The van der Waals surface area contributed by atoms with Crippen molar-refractivity contribution in [2.24, 2.45) is 11.5 Å². The summed E-state index contributed by atoms with van der Waals surface area (Å²) in [6.45, 7) is 5.96. The van der Waals surface area contributed by atoms with Crippen LogP contribution in [0.2, 0.25) is 0 Å². The number of ether oxygens (including phenoxy) is 8. The summed E-state index contributed by atoms with van der Waals surface area (Å²) in [7, 11) is -6.33. The van der Waals surface area contributed by atoms with Gasteiger partial charge >= 0.3 is 35.8 Å². The summed E-state index contributed by atoms with van der Waals surface area (Å²) in [4.78, 5) is 125. The standard InChI is InChI=1S/C28H36N2O7.C22H28N2O5.C16H12N2O8.2C7H8O3S.C6H5NO3.CH4/c1-21(31)13-14-26(32)30-25(20-23-11-7-4-8-12-23)28(34)37-18-16-35-15-17-36-27(33)24(29-2)19-22-9-5-3-6-10-22;23-19(15-17-7-3-1-4-8-17)21(25)28-13-11-27-12-14-29-22(26)20(24)16-18-9-5-2-6-10-18;19-15(25-13-5-1-11(2-6-13)17(21)22)9-10-16(20)26-14-7-3-12(4-8-14)18(23)24;2*1-6-2-4-7(5-3-6)11(8,9)10;8-6-3-1-5(2-4-6)7(9)10;/h3-12,24-25,29H,13-20H2,1-2H3,(H,30,32);1-10,19-20H,11-16,23-24H2;1-8H,9-10H2;2*2-5H,1H3,(H,8,9,10);1-4,8H;1H4. The molecule has 0 heterocycles. The second kappa shape index (κ2) is 57.8. The molecule has 36 nitrogen and oxygen atoms in total. The molecule has 4 atom stereocenters. The lowest BCUT2D eigenvalue weighted by atomic mass is 10.1. The van der Waals surface area contributed by atoms with Crippen molar-refractivity contribution in [3.05, 3.63) is 306 Å². The normalized spacial score (nSPS) is 11.4. The average molecular weight is 1770 g/mol. The molecule has 9 rings (SSSR count). The SMILES string of the molecule is C.CNC(Cc1ccccc1)C(=O)OCCOCCOC(=O)C(Cc1ccccc1)NC(=O)CCC(C)=O.Cc1ccc(S(=O)(=O)O)cc1.Cc1ccc(S(=O)(=O)O)cc1.NC(Cc1ccccc1)C(=O)OCCOCCOC(=O)C(N)Cc1ccccc1.O=C(CCC(=O)Oc1ccc([N+](=O)[O-])cc1)Oc1ccc([N+](=O)[O-])cc1.O=[N+]([O-])c1ccc(O)cc1. The van der Waals surface area contributed by atoms with Crippen molar-refractivity contribution >= 4 is 84.8 Å². The zero-order valence-electron chi connectivity index (χ0n) is 68.0. The van der Waals surface area contributed by atoms with Crippen molar-refractivity contribution in [1.82, 2.24) is 10.6 Å². The van der Waals surface area contributed by atoms with Gasteiger partial charge in [-0.3, -0.25) is 68.2 Å². The first kappa shape index (κ1) is 106. The summed E-state index contributed by atoms with van der Waals surface area (Å²) in [5.74, 6) is -3.56. The molecule has 9 aromatic carbocycles. The number of nitrogens with zero attached hydrogens (tertiary/aromatic N) is 3. The Balaban J connectivity index is 0.000000412. The highest BCUT2D eigenvalue weighted by molar-refractivity contribution is 7.86. The molecule has 0 saturated carbocycles. The number of ketones is 1. The molecule has 0 fully saturated rings. The van der Waals surface area contributed by atoms with Gasteiger partial charge in [0.15, 0.2) is 0 Å². The lowest BCUT2D eigenvalue weighted by Crippen LogP contribution is -2.43. The number of amides is 1. The van der Waals surface area contributed by atoms with Crippen molar-refractivity contribution in [2.45, 2.75) is 114 Å². The zero-order valence-corrected chi connectivity index (χ0v) is 69.6. The van der Waals surface area contributed by atoms with Crippen LogP contribution in [0.5, 0.6) is 17.2 Å². The highest BCUT2D eigenvalue weighted by atomic mass is 32.2. The summed E-state index contributed by atoms with van der Waals surface area (Å²) < 4.78 is 100. The molecule has 0 bridgehead atoms. The number of non-ortho nitro benzene ring substituents is 3. The molecule has 0 radical (unpaired) electrons. The van der Waals surface area contributed by atoms with Crippen LogP contribution in [0, 0.1) is 44.2 Å². The summed E-state index contributed by atoms with van der Waals surface area (Å²) in [5, 5.41) is 45.4. The molecule has 0 aliphatic heterocycles. The number of hydrogen-bond donors (Lipinski definition) is 7. The largest absolute Gasteiger partial charge is 0.508 e. The third-order valence-electron chi connectivity index (χ3n) is 16.4. The number of rotatable bonds is 39. The summed E-state index contributed by atoms with van der Waals surface area (Å²) in [6, 6.07) is 61.9. The molecule has 4 unspecified atom stereocenters. The van der Waals surface area contributed by atoms with Gasteiger partial charge < -0.3 is 69.9 Å². The van der Waals surface area contributed by atoms with Crippen LogP contribution >= 0.6 is 0 Å². The average Bonchev–Trinajstić information content (AvgIpc) is 0.867. The summed E-state index contributed by atoms with van der Waals surface area (Å²) in [5.41, 5.74) is 17.1. The van der Waals surface area contributed by atoms with E-state index in [4.69, 9.17) is 63.6 Å². The Morgan fingerprint density at radius 3 is 0.976 bits per heavy atom. The molecule has 0 spiro atoms. The molecular weight excluding hydrogens is 1670 g/mol.